The highest BCUT2D eigenvalue weighted by atomic mass is 32.2. The van der Waals surface area contributed by atoms with Crippen LogP contribution in [-0.2, 0) is 4.79 Å². The summed E-state index contributed by atoms with van der Waals surface area (Å²) in [5.74, 6) is 0.00647. The average molecular weight is 357 g/mol. The molecule has 0 radical (unpaired) electrons. The van der Waals surface area contributed by atoms with Gasteiger partial charge < -0.3 is 15.5 Å². The molecule has 1 saturated heterocycles. The fourth-order valence-corrected chi connectivity index (χ4v) is 4.32. The molecule has 6 nitrogen and oxygen atoms in total. The van der Waals surface area contributed by atoms with Gasteiger partial charge in [0.25, 0.3) is 5.91 Å². The van der Waals surface area contributed by atoms with Gasteiger partial charge in [0.1, 0.15) is 5.65 Å². The fraction of sp³-hybridized carbons (Fsp3) is 0.444. The van der Waals surface area contributed by atoms with Crippen molar-refractivity contribution in [1.82, 2.24) is 24.9 Å². The summed E-state index contributed by atoms with van der Waals surface area (Å²) < 4.78 is 2.08. The number of nitrogens with one attached hydrogen (secondary N) is 2. The van der Waals surface area contributed by atoms with E-state index in [-0.39, 0.29) is 5.91 Å². The van der Waals surface area contributed by atoms with Crippen LogP contribution in [0.2, 0.25) is 0 Å². The lowest BCUT2D eigenvalue weighted by Gasteiger charge is -2.19. The normalized spacial score (nSPS) is 18.0. The second-order valence-electron chi connectivity index (χ2n) is 6.41. The first-order valence-corrected chi connectivity index (χ1v) is 9.70. The molecule has 1 amide bonds. The van der Waals surface area contributed by atoms with Crippen molar-refractivity contribution in [2.45, 2.75) is 17.9 Å². The summed E-state index contributed by atoms with van der Waals surface area (Å²) in [6.45, 7) is 6.18. The van der Waals surface area contributed by atoms with E-state index in [0.717, 1.165) is 60.4 Å². The van der Waals surface area contributed by atoms with Crippen molar-refractivity contribution < 1.29 is 4.79 Å². The van der Waals surface area contributed by atoms with E-state index >= 15 is 0 Å². The smallest absolute Gasteiger partial charge is 0.258 e. The van der Waals surface area contributed by atoms with E-state index in [0.29, 0.717) is 6.54 Å². The average Bonchev–Trinajstić information content (AvgIpc) is 2.88. The zero-order valence-corrected chi connectivity index (χ0v) is 15.0. The molecule has 2 N–H and O–H groups in total. The molecular weight excluding hydrogens is 334 g/mol. The van der Waals surface area contributed by atoms with Gasteiger partial charge >= 0.3 is 0 Å². The number of pyridine rings is 1. The Kier molecular flexibility index (Phi) is 5.05. The maximum Gasteiger partial charge on any atom is 0.258 e. The van der Waals surface area contributed by atoms with Crippen LogP contribution in [0, 0.1) is 0 Å². The first kappa shape index (κ1) is 16.6. The standard InChI is InChI=1S/C18H23N5OS/c24-18(20-7-3-10-22-9-2-6-19-8-11-22)15-12-14-13-21-16-4-1-5-17(25-15)23(14)16/h1,4-5,12-13,19H,2-3,6-11H2,(H,20,24). The van der Waals surface area contributed by atoms with Crippen LogP contribution in [0.5, 0.6) is 0 Å². The topological polar surface area (TPSA) is 61.7 Å². The van der Waals surface area contributed by atoms with E-state index in [4.69, 9.17) is 0 Å². The Balaban J connectivity index is 1.31. The van der Waals surface area contributed by atoms with Crippen LogP contribution in [0.25, 0.3) is 11.7 Å². The number of aromatic nitrogens is 2. The van der Waals surface area contributed by atoms with Crippen molar-refractivity contribution in [2.24, 2.45) is 0 Å². The number of carbonyl (C=O) groups is 1. The minimum Gasteiger partial charge on any atom is -0.352 e. The summed E-state index contributed by atoms with van der Waals surface area (Å²) in [5, 5.41) is 7.51. The zero-order chi connectivity index (χ0) is 17.1. The number of rotatable bonds is 5. The Hall–Kier alpha value is -1.83. The monoisotopic (exact) mass is 357 g/mol. The van der Waals surface area contributed by atoms with Crippen molar-refractivity contribution in [2.75, 3.05) is 39.3 Å². The third kappa shape index (κ3) is 3.73. The highest BCUT2D eigenvalue weighted by Crippen LogP contribution is 2.34. The lowest BCUT2D eigenvalue weighted by molar-refractivity contribution is -0.116. The van der Waals surface area contributed by atoms with Gasteiger partial charge in [-0.1, -0.05) is 17.8 Å². The Bertz CT molecular complexity index is 792. The molecule has 2 aliphatic rings. The predicted molar refractivity (Wildman–Crippen MR) is 101 cm³/mol. The summed E-state index contributed by atoms with van der Waals surface area (Å²) in [6.07, 6.45) is 5.93. The minimum absolute atomic E-state index is 0.00647. The molecular formula is C18H23N5OS. The van der Waals surface area contributed by atoms with E-state index in [9.17, 15) is 4.79 Å². The molecule has 132 valence electrons. The van der Waals surface area contributed by atoms with E-state index < -0.39 is 0 Å². The molecule has 0 aliphatic carbocycles. The lowest BCUT2D eigenvalue weighted by atomic mass is 10.3. The van der Waals surface area contributed by atoms with Crippen LogP contribution in [0.4, 0.5) is 0 Å². The largest absolute Gasteiger partial charge is 0.352 e. The van der Waals surface area contributed by atoms with E-state index in [2.05, 4.69) is 24.9 Å². The summed E-state index contributed by atoms with van der Waals surface area (Å²) in [4.78, 5) is 20.1. The third-order valence-electron chi connectivity index (χ3n) is 4.61. The van der Waals surface area contributed by atoms with Crippen molar-refractivity contribution in [3.05, 3.63) is 35.0 Å². The second kappa shape index (κ2) is 7.59. The van der Waals surface area contributed by atoms with Crippen LogP contribution in [0.15, 0.2) is 34.3 Å². The molecule has 4 heterocycles. The van der Waals surface area contributed by atoms with Gasteiger partial charge in [-0.3, -0.25) is 9.20 Å². The van der Waals surface area contributed by atoms with Crippen LogP contribution < -0.4 is 10.6 Å². The molecule has 2 aromatic rings. The Morgan fingerprint density at radius 2 is 2.28 bits per heavy atom. The Morgan fingerprint density at radius 1 is 1.32 bits per heavy atom. The summed E-state index contributed by atoms with van der Waals surface area (Å²) in [6, 6.07) is 5.98. The number of amides is 1. The van der Waals surface area contributed by atoms with Gasteiger partial charge in [-0.25, -0.2) is 4.98 Å². The highest BCUT2D eigenvalue weighted by Gasteiger charge is 2.19. The Labute approximate surface area is 151 Å². The molecule has 0 bridgehead atoms. The molecule has 7 heteroatoms. The summed E-state index contributed by atoms with van der Waals surface area (Å²) in [5.41, 5.74) is 1.88. The van der Waals surface area contributed by atoms with Crippen molar-refractivity contribution in [1.29, 1.82) is 0 Å². The number of imidazole rings is 1. The van der Waals surface area contributed by atoms with Gasteiger partial charge in [-0.2, -0.15) is 0 Å². The molecule has 0 unspecified atom stereocenters. The van der Waals surface area contributed by atoms with Crippen molar-refractivity contribution >= 4 is 29.4 Å². The first-order valence-electron chi connectivity index (χ1n) is 8.88. The minimum atomic E-state index is 0.00647. The predicted octanol–water partition coefficient (Wildman–Crippen LogP) is 1.58. The molecule has 2 aromatic heterocycles. The number of nitrogens with zero attached hydrogens (tertiary/aromatic N) is 3. The van der Waals surface area contributed by atoms with Gasteiger partial charge in [0.2, 0.25) is 0 Å². The highest BCUT2D eigenvalue weighted by molar-refractivity contribution is 8.04. The van der Waals surface area contributed by atoms with Crippen LogP contribution in [-0.4, -0.2) is 59.5 Å². The molecule has 0 saturated carbocycles. The van der Waals surface area contributed by atoms with E-state index in [1.807, 2.05) is 30.5 Å². The van der Waals surface area contributed by atoms with Crippen molar-refractivity contribution in [3.63, 3.8) is 0 Å². The molecule has 4 rings (SSSR count). The second-order valence-corrected chi connectivity index (χ2v) is 7.47. The number of carbonyl (C=O) groups excluding carboxylic acids is 1. The van der Waals surface area contributed by atoms with Crippen LogP contribution in [0.3, 0.4) is 0 Å². The van der Waals surface area contributed by atoms with E-state index in [1.54, 1.807) is 0 Å². The first-order chi connectivity index (χ1) is 12.3. The van der Waals surface area contributed by atoms with Gasteiger partial charge in [0.15, 0.2) is 0 Å². The number of hydrogen-bond donors (Lipinski definition) is 2. The third-order valence-corrected chi connectivity index (χ3v) is 5.66. The maximum absolute atomic E-state index is 12.5. The Morgan fingerprint density at radius 3 is 3.24 bits per heavy atom. The number of thioether (sulfide) groups is 1. The molecule has 1 fully saturated rings. The molecule has 0 atom stereocenters. The van der Waals surface area contributed by atoms with Gasteiger partial charge in [-0.05, 0) is 50.7 Å². The lowest BCUT2D eigenvalue weighted by Crippen LogP contribution is -2.32. The van der Waals surface area contributed by atoms with Crippen molar-refractivity contribution in [3.8, 4) is 0 Å². The zero-order valence-electron chi connectivity index (χ0n) is 14.2. The SMILES string of the molecule is O=C(NCCCN1CCCNCC1)C1=Cc2cnc3cccc(n23)S1. The van der Waals surface area contributed by atoms with Gasteiger partial charge in [0, 0.05) is 19.6 Å². The molecule has 25 heavy (non-hydrogen) atoms. The fourth-order valence-electron chi connectivity index (χ4n) is 3.32. The van der Waals surface area contributed by atoms with Crippen LogP contribution in [0.1, 0.15) is 18.5 Å². The van der Waals surface area contributed by atoms with Gasteiger partial charge in [0.05, 0.1) is 21.8 Å². The van der Waals surface area contributed by atoms with E-state index in [1.165, 1.54) is 18.2 Å². The van der Waals surface area contributed by atoms with Crippen LogP contribution >= 0.6 is 11.8 Å². The van der Waals surface area contributed by atoms with Gasteiger partial charge in [-0.15, -0.1) is 0 Å². The summed E-state index contributed by atoms with van der Waals surface area (Å²) in [7, 11) is 0. The molecule has 2 aliphatic heterocycles. The number of hydrogen-bond acceptors (Lipinski definition) is 5. The summed E-state index contributed by atoms with van der Waals surface area (Å²) >= 11 is 1.50. The molecule has 0 spiro atoms. The quantitative estimate of drug-likeness (QED) is 0.796. The molecule has 0 aromatic carbocycles. The maximum atomic E-state index is 12.5.